The number of allylic oxidation sites excluding steroid dienone is 5. The minimum absolute atomic E-state index is 0.101. The van der Waals surface area contributed by atoms with Crippen LogP contribution in [0.15, 0.2) is 59.3 Å². The molecule has 0 aromatic heterocycles. The first-order valence-electron chi connectivity index (χ1n) is 12.8. The van der Waals surface area contributed by atoms with Gasteiger partial charge < -0.3 is 20.1 Å². The molecule has 4 atom stereocenters. The molecule has 0 aromatic rings. The molecule has 4 heteroatoms. The van der Waals surface area contributed by atoms with Crippen molar-refractivity contribution in [3.63, 3.8) is 0 Å². The quantitative estimate of drug-likeness (QED) is 0.314. The maximum atomic E-state index is 11.1. The third kappa shape index (κ3) is 5.62. The van der Waals surface area contributed by atoms with Gasteiger partial charge in [0.15, 0.2) is 5.79 Å². The van der Waals surface area contributed by atoms with Crippen LogP contribution in [0.4, 0.5) is 0 Å². The lowest BCUT2D eigenvalue weighted by Gasteiger charge is -2.41. The SMILES string of the molecule is C=C1C(=CC=C2CCC[C@]3(C)C(CC)=CC[C@H]23)C[C@](O)(OCC=CC(O)(CC)CC)C[C@@H]1O. The summed E-state index contributed by atoms with van der Waals surface area (Å²) in [4.78, 5) is 0. The second kappa shape index (κ2) is 10.4. The minimum Gasteiger partial charge on any atom is -0.388 e. The summed E-state index contributed by atoms with van der Waals surface area (Å²) < 4.78 is 5.80. The van der Waals surface area contributed by atoms with Gasteiger partial charge >= 0.3 is 0 Å². The first-order chi connectivity index (χ1) is 15.6. The molecule has 3 aliphatic rings. The molecule has 3 rings (SSSR count). The Kier molecular flexibility index (Phi) is 8.27. The first-order valence-corrected chi connectivity index (χ1v) is 12.8. The summed E-state index contributed by atoms with van der Waals surface area (Å²) in [6.45, 7) is 12.8. The summed E-state index contributed by atoms with van der Waals surface area (Å²) in [6.07, 6.45) is 16.8. The van der Waals surface area contributed by atoms with Crippen LogP contribution in [-0.4, -0.2) is 39.4 Å². The van der Waals surface area contributed by atoms with Gasteiger partial charge in [-0.25, -0.2) is 0 Å². The summed E-state index contributed by atoms with van der Waals surface area (Å²) in [6, 6.07) is 0. The topological polar surface area (TPSA) is 69.9 Å². The van der Waals surface area contributed by atoms with Gasteiger partial charge in [-0.1, -0.05) is 75.8 Å². The maximum absolute atomic E-state index is 11.1. The molecular weight excluding hydrogens is 412 g/mol. The van der Waals surface area contributed by atoms with Gasteiger partial charge in [-0.05, 0) is 67.4 Å². The van der Waals surface area contributed by atoms with Crippen LogP contribution in [0, 0.1) is 11.3 Å². The predicted octanol–water partition coefficient (Wildman–Crippen LogP) is 5.91. The predicted molar refractivity (Wildman–Crippen MR) is 135 cm³/mol. The molecule has 0 unspecified atom stereocenters. The van der Waals surface area contributed by atoms with E-state index in [2.05, 4.69) is 32.6 Å². The number of rotatable bonds is 8. The molecule has 0 spiro atoms. The van der Waals surface area contributed by atoms with Gasteiger partial charge in [0.05, 0.1) is 18.3 Å². The molecule has 0 aliphatic heterocycles. The average molecular weight is 457 g/mol. The van der Waals surface area contributed by atoms with Gasteiger partial charge in [0.2, 0.25) is 0 Å². The smallest absolute Gasteiger partial charge is 0.172 e. The van der Waals surface area contributed by atoms with E-state index in [1.807, 2.05) is 19.9 Å². The van der Waals surface area contributed by atoms with E-state index >= 15 is 0 Å². The number of hydrogen-bond donors (Lipinski definition) is 3. The molecule has 184 valence electrons. The highest BCUT2D eigenvalue weighted by Gasteiger charge is 2.44. The molecule has 4 nitrogen and oxygen atoms in total. The van der Waals surface area contributed by atoms with Crippen LogP contribution >= 0.6 is 0 Å². The Morgan fingerprint density at radius 1 is 1.24 bits per heavy atom. The van der Waals surface area contributed by atoms with Crippen molar-refractivity contribution in [2.45, 2.75) is 103 Å². The lowest BCUT2D eigenvalue weighted by molar-refractivity contribution is -0.213. The van der Waals surface area contributed by atoms with Crippen molar-refractivity contribution in [1.29, 1.82) is 0 Å². The van der Waals surface area contributed by atoms with Crippen LogP contribution in [-0.2, 0) is 4.74 Å². The van der Waals surface area contributed by atoms with Gasteiger partial charge in [-0.3, -0.25) is 0 Å². The van der Waals surface area contributed by atoms with Gasteiger partial charge in [0.25, 0.3) is 0 Å². The zero-order valence-electron chi connectivity index (χ0n) is 21.1. The summed E-state index contributed by atoms with van der Waals surface area (Å²) in [7, 11) is 0. The molecule has 33 heavy (non-hydrogen) atoms. The van der Waals surface area contributed by atoms with E-state index in [4.69, 9.17) is 4.74 Å². The van der Waals surface area contributed by atoms with E-state index in [1.165, 1.54) is 18.4 Å². The largest absolute Gasteiger partial charge is 0.388 e. The van der Waals surface area contributed by atoms with Crippen LogP contribution in [0.5, 0.6) is 0 Å². The van der Waals surface area contributed by atoms with Gasteiger partial charge in [-0.15, -0.1) is 0 Å². The van der Waals surface area contributed by atoms with Crippen molar-refractivity contribution in [2.24, 2.45) is 11.3 Å². The van der Waals surface area contributed by atoms with Gasteiger partial charge in [0, 0.05) is 12.8 Å². The Morgan fingerprint density at radius 2 is 1.97 bits per heavy atom. The Labute approximate surface area is 200 Å². The van der Waals surface area contributed by atoms with E-state index in [9.17, 15) is 15.3 Å². The normalized spacial score (nSPS) is 35.5. The van der Waals surface area contributed by atoms with Crippen LogP contribution < -0.4 is 0 Å². The first kappa shape index (κ1) is 26.2. The molecule has 0 aromatic carbocycles. The van der Waals surface area contributed by atoms with E-state index < -0.39 is 17.5 Å². The molecule has 3 aliphatic carbocycles. The van der Waals surface area contributed by atoms with E-state index in [0.29, 0.717) is 30.8 Å². The van der Waals surface area contributed by atoms with Crippen LogP contribution in [0.25, 0.3) is 0 Å². The summed E-state index contributed by atoms with van der Waals surface area (Å²) in [5.41, 5.74) is 4.01. The zero-order valence-corrected chi connectivity index (χ0v) is 21.1. The van der Waals surface area contributed by atoms with Crippen molar-refractivity contribution < 1.29 is 20.1 Å². The van der Waals surface area contributed by atoms with Crippen molar-refractivity contribution in [1.82, 2.24) is 0 Å². The molecule has 0 radical (unpaired) electrons. The monoisotopic (exact) mass is 456 g/mol. The van der Waals surface area contributed by atoms with Crippen molar-refractivity contribution in [3.8, 4) is 0 Å². The molecule has 3 N–H and O–H groups in total. The lowest BCUT2D eigenvalue weighted by Crippen LogP contribution is -2.42. The molecule has 0 amide bonds. The van der Waals surface area contributed by atoms with Crippen LogP contribution in [0.1, 0.15) is 85.5 Å². The standard InChI is InChI=1S/C29H44O4/c1-6-24-14-15-25-22(11-9-16-27(24,25)5)12-13-23-19-29(32,20-26(30)21(23)4)33-18-10-17-28(31,7-2)8-3/h10,12-14,17,25-26,30-32H,4,6-9,11,15-16,18-20H2,1-3,5H3/t25-,26+,27-,29+/m1/s1. The Morgan fingerprint density at radius 3 is 2.64 bits per heavy atom. The van der Waals surface area contributed by atoms with Crippen molar-refractivity contribution >= 4 is 0 Å². The van der Waals surface area contributed by atoms with Gasteiger partial charge in [0.1, 0.15) is 0 Å². The lowest BCUT2D eigenvalue weighted by atomic mass is 9.64. The molecule has 0 heterocycles. The highest BCUT2D eigenvalue weighted by Crippen LogP contribution is 2.55. The Hall–Kier alpha value is -1.46. The molecule has 0 saturated heterocycles. The fourth-order valence-corrected chi connectivity index (χ4v) is 6.02. The Balaban J connectivity index is 1.72. The fourth-order valence-electron chi connectivity index (χ4n) is 6.02. The second-order valence-electron chi connectivity index (χ2n) is 10.5. The molecule has 2 saturated carbocycles. The average Bonchev–Trinajstić information content (AvgIpc) is 3.14. The zero-order chi connectivity index (χ0) is 24.3. The summed E-state index contributed by atoms with van der Waals surface area (Å²) >= 11 is 0. The van der Waals surface area contributed by atoms with Crippen molar-refractivity contribution in [3.05, 3.63) is 59.3 Å². The molecule has 0 bridgehead atoms. The van der Waals surface area contributed by atoms with Crippen molar-refractivity contribution in [2.75, 3.05) is 6.61 Å². The Bertz CT molecular complexity index is 844. The number of hydrogen-bond acceptors (Lipinski definition) is 4. The third-order valence-electron chi connectivity index (χ3n) is 8.49. The maximum Gasteiger partial charge on any atom is 0.172 e. The minimum atomic E-state index is -1.45. The third-order valence-corrected chi connectivity index (χ3v) is 8.49. The number of aliphatic hydroxyl groups excluding tert-OH is 1. The second-order valence-corrected chi connectivity index (χ2v) is 10.5. The van der Waals surface area contributed by atoms with Crippen LogP contribution in [0.3, 0.4) is 0 Å². The van der Waals surface area contributed by atoms with E-state index in [0.717, 1.165) is 24.8 Å². The fraction of sp³-hybridized carbons (Fsp3) is 0.655. The highest BCUT2D eigenvalue weighted by atomic mass is 16.6. The van der Waals surface area contributed by atoms with Crippen LogP contribution in [0.2, 0.25) is 0 Å². The van der Waals surface area contributed by atoms with E-state index in [-0.39, 0.29) is 18.4 Å². The summed E-state index contributed by atoms with van der Waals surface area (Å²) in [5.74, 6) is -0.895. The number of ether oxygens (including phenoxy) is 1. The number of aliphatic hydroxyl groups is 3. The highest BCUT2D eigenvalue weighted by molar-refractivity contribution is 5.40. The number of fused-ring (bicyclic) bond motifs is 1. The van der Waals surface area contributed by atoms with Gasteiger partial charge in [-0.2, -0.15) is 0 Å². The molecular formula is C29H44O4. The molecule has 2 fully saturated rings. The van der Waals surface area contributed by atoms with E-state index in [1.54, 1.807) is 17.7 Å². The summed E-state index contributed by atoms with van der Waals surface area (Å²) in [5, 5.41) is 32.0.